The van der Waals surface area contributed by atoms with Gasteiger partial charge in [-0.05, 0) is 86.0 Å². The van der Waals surface area contributed by atoms with Crippen molar-refractivity contribution in [2.75, 3.05) is 47.4 Å². The van der Waals surface area contributed by atoms with E-state index in [1.165, 1.54) is 0 Å². The summed E-state index contributed by atoms with van der Waals surface area (Å²) in [5.74, 6) is 1.76. The summed E-state index contributed by atoms with van der Waals surface area (Å²) in [7, 11) is 0. The molecule has 0 radical (unpaired) electrons. The molecule has 0 saturated heterocycles. The van der Waals surface area contributed by atoms with Crippen molar-refractivity contribution in [3.8, 4) is 0 Å². The number of amidine groups is 2. The first kappa shape index (κ1) is 28.4. The highest BCUT2D eigenvalue weighted by atomic mass is 35.5. The van der Waals surface area contributed by atoms with E-state index in [4.69, 9.17) is 0 Å². The minimum Gasteiger partial charge on any atom is -0.370 e. The Morgan fingerprint density at radius 3 is 1.45 bits per heavy atom. The van der Waals surface area contributed by atoms with Gasteiger partial charge in [0, 0.05) is 60.1 Å². The second kappa shape index (κ2) is 13.5. The normalized spacial score (nSPS) is 14.2. The van der Waals surface area contributed by atoms with Gasteiger partial charge < -0.3 is 31.9 Å². The maximum Gasteiger partial charge on any atom is 0.323 e. The van der Waals surface area contributed by atoms with Gasteiger partial charge >= 0.3 is 12.1 Å². The Bertz CT molecular complexity index is 1300. The van der Waals surface area contributed by atoms with Crippen LogP contribution >= 0.6 is 12.4 Å². The van der Waals surface area contributed by atoms with Gasteiger partial charge in [0.15, 0.2) is 0 Å². The molecule has 0 atom stereocenters. The summed E-state index contributed by atoms with van der Waals surface area (Å²) in [6.07, 6.45) is 2.07. The number of aliphatic imine (C=N–C) groups is 2. The van der Waals surface area contributed by atoms with Crippen LogP contribution in [0.3, 0.4) is 0 Å². The summed E-state index contributed by atoms with van der Waals surface area (Å²) in [5.41, 5.74) is 5.21. The Balaban J connectivity index is 0.00000370. The van der Waals surface area contributed by atoms with Gasteiger partial charge in [0.25, 0.3) is 0 Å². The smallest absolute Gasteiger partial charge is 0.323 e. The summed E-state index contributed by atoms with van der Waals surface area (Å²) in [4.78, 5) is 34.3. The Morgan fingerprint density at radius 2 is 1.07 bits per heavy atom. The third-order valence-corrected chi connectivity index (χ3v) is 6.46. The molecule has 5 rings (SSSR count). The van der Waals surface area contributed by atoms with Crippen LogP contribution in [0.2, 0.25) is 0 Å². The van der Waals surface area contributed by atoms with Gasteiger partial charge in [-0.15, -0.1) is 12.4 Å². The van der Waals surface area contributed by atoms with Crippen molar-refractivity contribution in [2.45, 2.75) is 19.8 Å². The van der Waals surface area contributed by atoms with Crippen molar-refractivity contribution >= 4 is 58.9 Å². The fraction of sp³-hybridized carbons (Fsp3) is 0.241. The lowest BCUT2D eigenvalue weighted by molar-refractivity contribution is 0.261. The van der Waals surface area contributed by atoms with E-state index in [1.807, 2.05) is 55.5 Å². The highest BCUT2D eigenvalue weighted by molar-refractivity contribution is 6.04. The number of urea groups is 2. The molecular weight excluding hydrogens is 528 g/mol. The topological polar surface area (TPSA) is 131 Å². The number of carbonyl (C=O) groups excluding carboxylic acids is 2. The molecule has 6 N–H and O–H groups in total. The largest absolute Gasteiger partial charge is 0.370 e. The average Bonchev–Trinajstić information content (AvgIpc) is 2.97. The summed E-state index contributed by atoms with van der Waals surface area (Å²) in [6, 6.07) is 19.7. The van der Waals surface area contributed by atoms with Gasteiger partial charge in [-0.25, -0.2) is 9.59 Å². The van der Waals surface area contributed by atoms with Crippen LogP contribution in [0, 0.1) is 6.92 Å². The van der Waals surface area contributed by atoms with Crippen LogP contribution in [0.1, 0.15) is 29.5 Å². The summed E-state index contributed by atoms with van der Waals surface area (Å²) < 4.78 is 0. The van der Waals surface area contributed by atoms with Gasteiger partial charge in [-0.2, -0.15) is 0 Å². The number of carbonyl (C=O) groups is 2. The van der Waals surface area contributed by atoms with E-state index in [-0.39, 0.29) is 24.5 Å². The Morgan fingerprint density at radius 1 is 0.650 bits per heavy atom. The molecule has 4 amide bonds. The van der Waals surface area contributed by atoms with Crippen molar-refractivity contribution in [3.63, 3.8) is 0 Å². The molecule has 0 saturated carbocycles. The molecule has 3 aromatic rings. The number of hydrogen-bond acceptors (Lipinski definition) is 6. The highest BCUT2D eigenvalue weighted by Gasteiger charge is 2.12. The number of nitrogens with zero attached hydrogens (tertiary/aromatic N) is 2. The minimum absolute atomic E-state index is 0. The summed E-state index contributed by atoms with van der Waals surface area (Å²) in [6.45, 7) is 5.31. The Hall–Kier alpha value is -4.57. The molecule has 40 heavy (non-hydrogen) atoms. The van der Waals surface area contributed by atoms with Crippen molar-refractivity contribution in [1.29, 1.82) is 0 Å². The SMILES string of the molecule is Cc1c(NC(=O)Nc2ccc(C3=NCCCN3)cc2)cccc1NC(=O)Nc1ccc(C2=NCCCN2)cc1.Cl. The van der Waals surface area contributed by atoms with E-state index in [1.54, 1.807) is 18.2 Å². The first-order valence-corrected chi connectivity index (χ1v) is 13.1. The second-order valence-corrected chi connectivity index (χ2v) is 9.31. The molecule has 11 heteroatoms. The van der Waals surface area contributed by atoms with Gasteiger partial charge in [0.05, 0.1) is 0 Å². The van der Waals surface area contributed by atoms with E-state index in [2.05, 4.69) is 41.9 Å². The Kier molecular flexibility index (Phi) is 9.58. The third kappa shape index (κ3) is 7.29. The fourth-order valence-electron chi connectivity index (χ4n) is 4.35. The van der Waals surface area contributed by atoms with Crippen LogP contribution in [0.15, 0.2) is 76.7 Å². The maximum atomic E-state index is 12.7. The molecule has 2 aliphatic heterocycles. The van der Waals surface area contributed by atoms with Crippen molar-refractivity contribution in [3.05, 3.63) is 83.4 Å². The summed E-state index contributed by atoms with van der Waals surface area (Å²) in [5, 5.41) is 18.0. The van der Waals surface area contributed by atoms with Crippen LogP contribution in [-0.2, 0) is 0 Å². The number of nitrogens with one attached hydrogen (secondary N) is 6. The van der Waals surface area contributed by atoms with Crippen molar-refractivity contribution in [1.82, 2.24) is 10.6 Å². The van der Waals surface area contributed by atoms with Crippen LogP contribution in [0.5, 0.6) is 0 Å². The van der Waals surface area contributed by atoms with Crippen LogP contribution in [0.25, 0.3) is 0 Å². The van der Waals surface area contributed by atoms with Crippen molar-refractivity contribution < 1.29 is 9.59 Å². The molecule has 0 aliphatic carbocycles. The standard InChI is InChI=1S/C29H32N8O2.ClH/c1-19-24(36-28(38)34-22-11-7-20(8-12-22)26-30-15-3-16-31-26)5-2-6-25(19)37-29(39)35-23-13-9-21(10-14-23)27-32-17-4-18-33-27;/h2,5-14H,3-4,15-18H2,1H3,(H,30,31)(H,32,33)(H2,34,36,38)(H2,35,37,39);1H. The van der Waals surface area contributed by atoms with E-state index >= 15 is 0 Å². The van der Waals surface area contributed by atoms with Crippen LogP contribution in [0.4, 0.5) is 32.3 Å². The molecule has 2 heterocycles. The molecule has 0 aromatic heterocycles. The van der Waals surface area contributed by atoms with E-state index < -0.39 is 0 Å². The molecule has 3 aromatic carbocycles. The third-order valence-electron chi connectivity index (χ3n) is 6.46. The van der Waals surface area contributed by atoms with E-state index in [0.717, 1.165) is 67.4 Å². The first-order valence-electron chi connectivity index (χ1n) is 13.1. The van der Waals surface area contributed by atoms with Gasteiger partial charge in [0.1, 0.15) is 11.7 Å². The molecule has 0 fully saturated rings. The van der Waals surface area contributed by atoms with Crippen LogP contribution in [-0.4, -0.2) is 49.9 Å². The number of benzene rings is 3. The fourth-order valence-corrected chi connectivity index (χ4v) is 4.35. The summed E-state index contributed by atoms with van der Waals surface area (Å²) >= 11 is 0. The highest BCUT2D eigenvalue weighted by Crippen LogP contribution is 2.24. The molecule has 0 unspecified atom stereocenters. The molecule has 10 nitrogen and oxygen atoms in total. The zero-order chi connectivity index (χ0) is 27.0. The van der Waals surface area contributed by atoms with Gasteiger partial charge in [-0.3, -0.25) is 9.98 Å². The lowest BCUT2D eigenvalue weighted by Gasteiger charge is -2.16. The number of halogens is 1. The van der Waals surface area contributed by atoms with Crippen molar-refractivity contribution in [2.24, 2.45) is 9.98 Å². The Labute approximate surface area is 239 Å². The monoisotopic (exact) mass is 560 g/mol. The maximum absolute atomic E-state index is 12.7. The molecule has 0 spiro atoms. The number of anilines is 4. The predicted octanol–water partition coefficient (Wildman–Crippen LogP) is 5.18. The van der Waals surface area contributed by atoms with E-state index in [0.29, 0.717) is 22.7 Å². The van der Waals surface area contributed by atoms with Crippen LogP contribution < -0.4 is 31.9 Å². The first-order chi connectivity index (χ1) is 19.0. The molecular formula is C29H33ClN8O2. The zero-order valence-corrected chi connectivity index (χ0v) is 23.0. The average molecular weight is 561 g/mol. The molecule has 2 aliphatic rings. The lowest BCUT2D eigenvalue weighted by atomic mass is 10.1. The molecule has 0 bridgehead atoms. The lowest BCUT2D eigenvalue weighted by Crippen LogP contribution is -2.30. The predicted molar refractivity (Wildman–Crippen MR) is 165 cm³/mol. The number of hydrogen-bond donors (Lipinski definition) is 6. The number of amides is 4. The molecule has 208 valence electrons. The second-order valence-electron chi connectivity index (χ2n) is 9.31. The van der Waals surface area contributed by atoms with Gasteiger partial charge in [-0.1, -0.05) is 6.07 Å². The van der Waals surface area contributed by atoms with Gasteiger partial charge in [0.2, 0.25) is 0 Å². The quantitative estimate of drug-likeness (QED) is 0.248. The number of rotatable bonds is 6. The minimum atomic E-state index is -0.377. The zero-order valence-electron chi connectivity index (χ0n) is 22.2. The van der Waals surface area contributed by atoms with E-state index in [9.17, 15) is 9.59 Å².